The number of halogens is 6. The molecule has 0 bridgehead atoms. The molecule has 0 unspecified atom stereocenters. The van der Waals surface area contributed by atoms with Gasteiger partial charge in [-0.25, -0.2) is 18.0 Å². The maximum atomic E-state index is 13.6. The Morgan fingerprint density at radius 3 is 2.69 bits per heavy atom. The molecule has 2 amide bonds. The number of alkyl halides is 5. The SMILES string of the molecule is C[C@@H]1Cc2nn3c(c2CN1C(=O)Nc1ccc(F)c(C(F)(F)F)c1)CN(C)N=C(COCC(F)F)C3. The summed E-state index contributed by atoms with van der Waals surface area (Å²) in [5, 5.41) is 13.1. The second kappa shape index (κ2) is 9.99. The summed E-state index contributed by atoms with van der Waals surface area (Å²) in [6, 6.07) is 1.33. The molecule has 1 N–H and O–H groups in total. The molecule has 0 fully saturated rings. The molecule has 4 rings (SSSR count). The normalized spacial score (nSPS) is 18.0. The Hall–Kier alpha value is -3.29. The number of amides is 2. The van der Waals surface area contributed by atoms with Gasteiger partial charge in [0.15, 0.2) is 0 Å². The predicted molar refractivity (Wildman–Crippen MR) is 117 cm³/mol. The van der Waals surface area contributed by atoms with E-state index >= 15 is 0 Å². The van der Waals surface area contributed by atoms with Gasteiger partial charge in [-0.1, -0.05) is 0 Å². The van der Waals surface area contributed by atoms with Gasteiger partial charge in [0.2, 0.25) is 0 Å². The van der Waals surface area contributed by atoms with Gasteiger partial charge >= 0.3 is 12.2 Å². The van der Waals surface area contributed by atoms with E-state index in [2.05, 4.69) is 15.5 Å². The highest BCUT2D eigenvalue weighted by atomic mass is 19.4. The van der Waals surface area contributed by atoms with Gasteiger partial charge in [0.1, 0.15) is 12.4 Å². The summed E-state index contributed by atoms with van der Waals surface area (Å²) in [6.45, 7) is 1.72. The van der Waals surface area contributed by atoms with Gasteiger partial charge < -0.3 is 15.0 Å². The molecule has 2 aromatic rings. The van der Waals surface area contributed by atoms with Crippen LogP contribution in [-0.4, -0.2) is 64.2 Å². The Morgan fingerprint density at radius 2 is 2.00 bits per heavy atom. The van der Waals surface area contributed by atoms with E-state index in [1.165, 1.54) is 4.90 Å². The van der Waals surface area contributed by atoms with Gasteiger partial charge in [-0.3, -0.25) is 9.69 Å². The van der Waals surface area contributed by atoms with Crippen LogP contribution in [-0.2, 0) is 37.0 Å². The zero-order valence-corrected chi connectivity index (χ0v) is 19.4. The van der Waals surface area contributed by atoms with Gasteiger partial charge in [0, 0.05) is 30.8 Å². The smallest absolute Gasteiger partial charge is 0.369 e. The van der Waals surface area contributed by atoms with Crippen molar-refractivity contribution in [2.45, 2.75) is 51.6 Å². The van der Waals surface area contributed by atoms with Crippen LogP contribution < -0.4 is 5.32 Å². The Kier molecular flexibility index (Phi) is 7.16. The number of benzene rings is 1. The number of nitrogens with zero attached hydrogens (tertiary/aromatic N) is 5. The Labute approximate surface area is 202 Å². The summed E-state index contributed by atoms with van der Waals surface area (Å²) < 4.78 is 84.3. The largest absolute Gasteiger partial charge is 0.419 e. The van der Waals surface area contributed by atoms with E-state index in [0.717, 1.165) is 23.0 Å². The van der Waals surface area contributed by atoms with Crippen LogP contribution in [0.25, 0.3) is 0 Å². The molecule has 0 saturated heterocycles. The molecular formula is C22H24F6N6O2. The number of nitrogens with one attached hydrogen (secondary N) is 1. The zero-order valence-electron chi connectivity index (χ0n) is 19.4. The van der Waals surface area contributed by atoms with E-state index in [1.54, 1.807) is 23.7 Å². The molecule has 1 atom stereocenters. The van der Waals surface area contributed by atoms with Gasteiger partial charge in [0.25, 0.3) is 6.43 Å². The van der Waals surface area contributed by atoms with Crippen LogP contribution in [0.5, 0.6) is 0 Å². The number of carbonyl (C=O) groups excluding carboxylic acids is 1. The summed E-state index contributed by atoms with van der Waals surface area (Å²) in [7, 11) is 1.71. The molecule has 3 heterocycles. The molecule has 0 aliphatic carbocycles. The molecule has 14 heteroatoms. The highest BCUT2D eigenvalue weighted by molar-refractivity contribution is 5.90. The zero-order chi connectivity index (χ0) is 26.2. The van der Waals surface area contributed by atoms with E-state index in [-0.39, 0.29) is 31.4 Å². The van der Waals surface area contributed by atoms with Crippen molar-refractivity contribution in [3.05, 3.63) is 46.5 Å². The Balaban J connectivity index is 1.51. The van der Waals surface area contributed by atoms with E-state index in [1.807, 2.05) is 0 Å². The van der Waals surface area contributed by atoms with Crippen molar-refractivity contribution in [2.75, 3.05) is 25.6 Å². The first-order chi connectivity index (χ1) is 16.9. The minimum absolute atomic E-state index is 0.0822. The number of aromatic nitrogens is 2. The quantitative estimate of drug-likeness (QED) is 0.605. The lowest BCUT2D eigenvalue weighted by molar-refractivity contribution is -0.139. The molecule has 2 aliphatic heterocycles. The molecule has 196 valence electrons. The number of hydrogen-bond acceptors (Lipinski definition) is 5. The highest BCUT2D eigenvalue weighted by Gasteiger charge is 2.36. The predicted octanol–water partition coefficient (Wildman–Crippen LogP) is 4.10. The van der Waals surface area contributed by atoms with Crippen molar-refractivity contribution < 1.29 is 35.9 Å². The number of hydrogen-bond donors (Lipinski definition) is 1. The molecule has 1 aromatic heterocycles. The van der Waals surface area contributed by atoms with Gasteiger partial charge in [-0.05, 0) is 25.1 Å². The Morgan fingerprint density at radius 1 is 1.25 bits per heavy atom. The van der Waals surface area contributed by atoms with Crippen molar-refractivity contribution >= 4 is 17.4 Å². The minimum atomic E-state index is -4.90. The average molecular weight is 518 g/mol. The first-order valence-corrected chi connectivity index (χ1v) is 11.1. The summed E-state index contributed by atoms with van der Waals surface area (Å²) in [6.07, 6.45) is -7.08. The monoisotopic (exact) mass is 518 g/mol. The number of ether oxygens (including phenoxy) is 1. The van der Waals surface area contributed by atoms with Crippen molar-refractivity contribution in [1.82, 2.24) is 19.7 Å². The lowest BCUT2D eigenvalue weighted by atomic mass is 10.00. The first-order valence-electron chi connectivity index (χ1n) is 11.1. The molecule has 0 spiro atoms. The van der Waals surface area contributed by atoms with E-state index in [0.29, 0.717) is 30.8 Å². The molecule has 36 heavy (non-hydrogen) atoms. The molecule has 2 aliphatic rings. The van der Waals surface area contributed by atoms with Crippen LogP contribution in [0, 0.1) is 5.82 Å². The van der Waals surface area contributed by atoms with Gasteiger partial charge in [-0.15, -0.1) is 0 Å². The number of hydrazone groups is 1. The highest BCUT2D eigenvalue weighted by Crippen LogP contribution is 2.33. The van der Waals surface area contributed by atoms with Crippen molar-refractivity contribution in [2.24, 2.45) is 5.10 Å². The standard InChI is InChI=1S/C22H24F6N6O2/c1-12-5-18-15(19-9-32(2)30-14(7-34(19)31-18)10-36-11-20(24)25)8-33(12)21(35)29-13-3-4-17(23)16(6-13)22(26,27)28/h3-4,6,12,20H,5,7-11H2,1-2H3,(H,29,35)/t12-/m1/s1. The number of carbonyl (C=O) groups is 1. The molecule has 1 aromatic carbocycles. The first kappa shape index (κ1) is 25.8. The topological polar surface area (TPSA) is 75.0 Å². The van der Waals surface area contributed by atoms with Crippen LogP contribution in [0.1, 0.15) is 29.4 Å². The number of urea groups is 1. The second-order valence-corrected chi connectivity index (χ2v) is 8.72. The molecule has 0 radical (unpaired) electrons. The number of fused-ring (bicyclic) bond motifs is 3. The fourth-order valence-electron chi connectivity index (χ4n) is 4.29. The molecule has 8 nitrogen and oxygen atoms in total. The van der Waals surface area contributed by atoms with Crippen molar-refractivity contribution in [3.8, 4) is 0 Å². The van der Waals surface area contributed by atoms with Gasteiger partial charge in [-0.2, -0.15) is 23.4 Å². The van der Waals surface area contributed by atoms with Crippen LogP contribution >= 0.6 is 0 Å². The average Bonchev–Trinajstić information content (AvgIpc) is 2.99. The number of rotatable bonds is 5. The molecule has 0 saturated carbocycles. The lowest BCUT2D eigenvalue weighted by Gasteiger charge is -2.33. The van der Waals surface area contributed by atoms with E-state index in [9.17, 15) is 31.1 Å². The summed E-state index contributed by atoms with van der Waals surface area (Å²) >= 11 is 0. The summed E-state index contributed by atoms with van der Waals surface area (Å²) in [5.41, 5.74) is 1.21. The fourth-order valence-corrected chi connectivity index (χ4v) is 4.29. The third kappa shape index (κ3) is 5.58. The van der Waals surface area contributed by atoms with Crippen LogP contribution in [0.15, 0.2) is 23.3 Å². The van der Waals surface area contributed by atoms with Crippen LogP contribution in [0.2, 0.25) is 0 Å². The third-order valence-electron chi connectivity index (χ3n) is 5.92. The van der Waals surface area contributed by atoms with Crippen molar-refractivity contribution in [1.29, 1.82) is 0 Å². The van der Waals surface area contributed by atoms with Crippen LogP contribution in [0.3, 0.4) is 0 Å². The lowest BCUT2D eigenvalue weighted by Crippen LogP contribution is -2.45. The van der Waals surface area contributed by atoms with E-state index < -0.39 is 36.6 Å². The van der Waals surface area contributed by atoms with Crippen molar-refractivity contribution in [3.63, 3.8) is 0 Å². The Bertz CT molecular complexity index is 1160. The second-order valence-electron chi connectivity index (χ2n) is 8.72. The third-order valence-corrected chi connectivity index (χ3v) is 5.92. The minimum Gasteiger partial charge on any atom is -0.369 e. The van der Waals surface area contributed by atoms with Crippen LogP contribution in [0.4, 0.5) is 36.8 Å². The maximum absolute atomic E-state index is 13.6. The maximum Gasteiger partial charge on any atom is 0.419 e. The van der Waals surface area contributed by atoms with E-state index in [4.69, 9.17) is 4.74 Å². The number of anilines is 1. The fraction of sp³-hybridized carbons (Fsp3) is 0.500. The molecular weight excluding hydrogens is 494 g/mol. The summed E-state index contributed by atoms with van der Waals surface area (Å²) in [5.74, 6) is -1.43. The van der Waals surface area contributed by atoms with Gasteiger partial charge in [0.05, 0.1) is 48.9 Å². The summed E-state index contributed by atoms with van der Waals surface area (Å²) in [4.78, 5) is 14.5.